The first-order valence-corrected chi connectivity index (χ1v) is 7.09. The van der Waals surface area contributed by atoms with Gasteiger partial charge in [-0.1, -0.05) is 17.8 Å². The van der Waals surface area contributed by atoms with Crippen molar-refractivity contribution in [2.45, 2.75) is 18.1 Å². The van der Waals surface area contributed by atoms with Gasteiger partial charge in [0.25, 0.3) is 5.56 Å². The molecule has 2 N–H and O–H groups in total. The minimum Gasteiger partial charge on any atom is -0.481 e. The number of aliphatic carboxylic acids is 1. The van der Waals surface area contributed by atoms with E-state index in [0.29, 0.717) is 17.5 Å². The molecule has 21 heavy (non-hydrogen) atoms. The minimum absolute atomic E-state index is 0.0166. The number of nitrogens with zero attached hydrogens (tertiary/aromatic N) is 3. The van der Waals surface area contributed by atoms with E-state index >= 15 is 0 Å². The number of rotatable bonds is 6. The molecule has 0 unspecified atom stereocenters. The molecule has 2 aromatic rings. The molecule has 8 nitrogen and oxygen atoms in total. The number of hydrogen-bond donors (Lipinski definition) is 2. The Bertz CT molecular complexity index is 817. The van der Waals surface area contributed by atoms with Crippen molar-refractivity contribution in [3.8, 4) is 0 Å². The normalized spacial score (nSPS) is 10.9. The van der Waals surface area contributed by atoms with Crippen LogP contribution in [0.3, 0.4) is 0 Å². The Morgan fingerprint density at radius 3 is 2.86 bits per heavy atom. The van der Waals surface area contributed by atoms with Gasteiger partial charge in [0, 0.05) is 19.3 Å². The van der Waals surface area contributed by atoms with Crippen molar-refractivity contribution < 1.29 is 9.90 Å². The second-order valence-corrected chi connectivity index (χ2v) is 5.34. The Kier molecular flexibility index (Phi) is 4.32. The maximum absolute atomic E-state index is 12.0. The van der Waals surface area contributed by atoms with Gasteiger partial charge < -0.3 is 9.67 Å². The van der Waals surface area contributed by atoms with E-state index in [2.05, 4.69) is 16.5 Å². The highest BCUT2D eigenvalue weighted by Crippen LogP contribution is 2.22. The molecule has 0 aliphatic heterocycles. The van der Waals surface area contributed by atoms with E-state index in [0.717, 1.165) is 0 Å². The molecular formula is C12H14N4O4S. The fourth-order valence-electron chi connectivity index (χ4n) is 1.85. The maximum atomic E-state index is 12.0. The number of allylic oxidation sites excluding steroid dienone is 1. The summed E-state index contributed by atoms with van der Waals surface area (Å²) in [6.07, 6.45) is 1.59. The van der Waals surface area contributed by atoms with Crippen molar-refractivity contribution in [1.29, 1.82) is 0 Å². The van der Waals surface area contributed by atoms with E-state index in [4.69, 9.17) is 5.11 Å². The lowest BCUT2D eigenvalue weighted by atomic mass is 10.5. The smallest absolute Gasteiger partial charge is 0.329 e. The number of carboxylic acid groups (broad SMARTS) is 1. The van der Waals surface area contributed by atoms with Gasteiger partial charge in [-0.3, -0.25) is 19.1 Å². The Balaban J connectivity index is 2.57. The lowest BCUT2D eigenvalue weighted by molar-refractivity contribution is -0.136. The molecule has 0 aromatic carbocycles. The molecule has 0 aliphatic carbocycles. The van der Waals surface area contributed by atoms with Crippen molar-refractivity contribution in [3.05, 3.63) is 33.5 Å². The molecule has 0 saturated carbocycles. The first-order valence-electron chi connectivity index (χ1n) is 6.10. The number of nitrogens with one attached hydrogen (secondary N) is 1. The van der Waals surface area contributed by atoms with Crippen molar-refractivity contribution in [1.82, 2.24) is 19.1 Å². The van der Waals surface area contributed by atoms with Crippen LogP contribution >= 0.6 is 11.8 Å². The molecule has 2 rings (SSSR count). The first kappa shape index (κ1) is 15.1. The van der Waals surface area contributed by atoms with Crippen LogP contribution in [0.4, 0.5) is 0 Å². The molecule has 2 heterocycles. The highest BCUT2D eigenvalue weighted by atomic mass is 32.2. The van der Waals surface area contributed by atoms with Crippen molar-refractivity contribution in [2.24, 2.45) is 7.05 Å². The van der Waals surface area contributed by atoms with Gasteiger partial charge in [0.05, 0.1) is 6.42 Å². The summed E-state index contributed by atoms with van der Waals surface area (Å²) in [7, 11) is 1.51. The van der Waals surface area contributed by atoms with Gasteiger partial charge in [0.1, 0.15) is 0 Å². The number of aryl methyl sites for hydroxylation is 1. The summed E-state index contributed by atoms with van der Waals surface area (Å²) >= 11 is 1.22. The Morgan fingerprint density at radius 1 is 1.52 bits per heavy atom. The third-order valence-electron chi connectivity index (χ3n) is 2.83. The minimum atomic E-state index is -0.904. The molecule has 0 atom stereocenters. The summed E-state index contributed by atoms with van der Waals surface area (Å²) in [5, 5.41) is 9.16. The van der Waals surface area contributed by atoms with Crippen LogP contribution in [0, 0.1) is 0 Å². The van der Waals surface area contributed by atoms with Crippen LogP contribution in [0.5, 0.6) is 0 Å². The average molecular weight is 310 g/mol. The van der Waals surface area contributed by atoms with Crippen LogP contribution in [-0.2, 0) is 18.4 Å². The maximum Gasteiger partial charge on any atom is 0.329 e. The van der Waals surface area contributed by atoms with Crippen LogP contribution in [0.15, 0.2) is 27.4 Å². The summed E-state index contributed by atoms with van der Waals surface area (Å²) in [5.41, 5.74) is -0.524. The summed E-state index contributed by atoms with van der Waals surface area (Å²) in [6, 6.07) is 0. The largest absolute Gasteiger partial charge is 0.481 e. The van der Waals surface area contributed by atoms with Crippen LogP contribution < -0.4 is 11.2 Å². The zero-order chi connectivity index (χ0) is 15.6. The average Bonchev–Trinajstić information content (AvgIpc) is 2.76. The predicted octanol–water partition coefficient (Wildman–Crippen LogP) is 0.176. The second kappa shape index (κ2) is 6.00. The van der Waals surface area contributed by atoms with E-state index < -0.39 is 17.2 Å². The van der Waals surface area contributed by atoms with E-state index in [1.54, 1.807) is 10.6 Å². The monoisotopic (exact) mass is 310 g/mol. The summed E-state index contributed by atoms with van der Waals surface area (Å²) in [4.78, 5) is 40.6. The van der Waals surface area contributed by atoms with Crippen LogP contribution in [0.2, 0.25) is 0 Å². The van der Waals surface area contributed by atoms with Gasteiger partial charge in [-0.05, 0) is 0 Å². The fourth-order valence-corrected chi connectivity index (χ4v) is 2.78. The number of thioether (sulfide) groups is 1. The van der Waals surface area contributed by atoms with E-state index in [1.165, 1.54) is 23.4 Å². The predicted molar refractivity (Wildman–Crippen MR) is 78.8 cm³/mol. The third-order valence-corrected chi connectivity index (χ3v) is 3.81. The van der Waals surface area contributed by atoms with Crippen molar-refractivity contribution in [3.63, 3.8) is 0 Å². The molecular weight excluding hydrogens is 296 g/mol. The lowest BCUT2D eigenvalue weighted by Crippen LogP contribution is -2.29. The highest BCUT2D eigenvalue weighted by molar-refractivity contribution is 7.99. The molecule has 0 fully saturated rings. The Morgan fingerprint density at radius 2 is 2.24 bits per heavy atom. The van der Waals surface area contributed by atoms with E-state index in [9.17, 15) is 14.4 Å². The van der Waals surface area contributed by atoms with Crippen LogP contribution in [0.1, 0.15) is 6.42 Å². The number of imidazole rings is 1. The number of aromatic nitrogens is 4. The SMILES string of the molecule is C=CCn1c(SCCC(=O)O)nc2c1c(=O)[nH]c(=O)n2C. The molecule has 0 amide bonds. The van der Waals surface area contributed by atoms with E-state index in [-0.39, 0.29) is 17.6 Å². The summed E-state index contributed by atoms with van der Waals surface area (Å²) in [5.74, 6) is -0.583. The summed E-state index contributed by atoms with van der Waals surface area (Å²) in [6.45, 7) is 3.97. The number of carboxylic acids is 1. The fraction of sp³-hybridized carbons (Fsp3) is 0.333. The molecule has 0 spiro atoms. The highest BCUT2D eigenvalue weighted by Gasteiger charge is 2.16. The van der Waals surface area contributed by atoms with Crippen LogP contribution in [-0.4, -0.2) is 35.9 Å². The van der Waals surface area contributed by atoms with Gasteiger partial charge in [0.2, 0.25) is 0 Å². The summed E-state index contributed by atoms with van der Waals surface area (Å²) < 4.78 is 2.87. The van der Waals surface area contributed by atoms with Gasteiger partial charge in [-0.25, -0.2) is 9.78 Å². The second-order valence-electron chi connectivity index (χ2n) is 4.28. The van der Waals surface area contributed by atoms with Gasteiger partial charge in [-0.15, -0.1) is 6.58 Å². The van der Waals surface area contributed by atoms with Crippen molar-refractivity contribution in [2.75, 3.05) is 5.75 Å². The van der Waals surface area contributed by atoms with Gasteiger partial charge in [-0.2, -0.15) is 0 Å². The number of H-pyrrole nitrogens is 1. The first-order chi connectivity index (χ1) is 9.95. The number of carbonyl (C=O) groups is 1. The van der Waals surface area contributed by atoms with Crippen molar-refractivity contribution >= 4 is 28.9 Å². The topological polar surface area (TPSA) is 110 Å². The zero-order valence-electron chi connectivity index (χ0n) is 11.3. The molecule has 0 radical (unpaired) electrons. The molecule has 0 saturated heterocycles. The Hall–Kier alpha value is -2.29. The Labute approximate surface area is 123 Å². The standard InChI is InChI=1S/C12H14N4O4S/c1-3-5-16-8-9(15(2)11(20)14-10(8)19)13-12(16)21-6-4-7(17)18/h3H,1,4-6H2,2H3,(H,17,18)(H,14,19,20). The number of aromatic amines is 1. The number of fused-ring (bicyclic) bond motifs is 1. The number of hydrogen-bond acceptors (Lipinski definition) is 5. The third kappa shape index (κ3) is 2.92. The van der Waals surface area contributed by atoms with E-state index in [1.807, 2.05) is 0 Å². The van der Waals surface area contributed by atoms with Gasteiger partial charge >= 0.3 is 11.7 Å². The molecule has 112 valence electrons. The quantitative estimate of drug-likeness (QED) is 0.581. The zero-order valence-corrected chi connectivity index (χ0v) is 12.1. The molecule has 0 bridgehead atoms. The molecule has 0 aliphatic rings. The molecule has 9 heteroatoms. The van der Waals surface area contributed by atoms with Gasteiger partial charge in [0.15, 0.2) is 16.3 Å². The van der Waals surface area contributed by atoms with Crippen LogP contribution in [0.25, 0.3) is 11.2 Å². The molecule has 2 aromatic heterocycles. The lowest BCUT2D eigenvalue weighted by Gasteiger charge is -2.04.